The maximum Gasteiger partial charge on any atom is 0.416 e. The fraction of sp³-hybridized carbons (Fsp3) is 0.471. The Bertz CT molecular complexity index is 756. The summed E-state index contributed by atoms with van der Waals surface area (Å²) in [4.78, 5) is 16.9. The van der Waals surface area contributed by atoms with Crippen molar-refractivity contribution in [3.05, 3.63) is 35.7 Å². The lowest BCUT2D eigenvalue weighted by Crippen LogP contribution is -2.47. The van der Waals surface area contributed by atoms with Gasteiger partial charge in [0.05, 0.1) is 5.56 Å². The molecule has 1 aliphatic heterocycles. The van der Waals surface area contributed by atoms with Gasteiger partial charge < -0.3 is 15.1 Å². The zero-order valence-corrected chi connectivity index (χ0v) is 14.7. The number of hydrogen-bond acceptors (Lipinski definition) is 6. The summed E-state index contributed by atoms with van der Waals surface area (Å²) in [6.45, 7) is 7.08. The molecule has 0 unspecified atom stereocenters. The third-order valence-corrected chi connectivity index (χ3v) is 4.18. The van der Waals surface area contributed by atoms with E-state index in [2.05, 4.69) is 25.2 Å². The molecule has 0 amide bonds. The number of nitrogens with one attached hydrogen (secondary N) is 1. The maximum atomic E-state index is 12.9. The van der Waals surface area contributed by atoms with Gasteiger partial charge in [0.1, 0.15) is 11.6 Å². The van der Waals surface area contributed by atoms with Crippen LogP contribution in [0.2, 0.25) is 0 Å². The molecule has 1 fully saturated rings. The molecular weight excluding hydrogens is 345 g/mol. The standard InChI is InChI=1S/C17H21F3N6/c1-3-21-16-23-12(2)10-15(24-16)26-8-6-25(7-9-26)14-11-13(4-5-22-14)17(18,19)20/h4-5,10-11H,3,6-9H2,1-2H3,(H,21,23,24). The smallest absolute Gasteiger partial charge is 0.354 e. The predicted molar refractivity (Wildman–Crippen MR) is 94.6 cm³/mol. The van der Waals surface area contributed by atoms with Gasteiger partial charge in [0.25, 0.3) is 0 Å². The molecule has 0 bridgehead atoms. The van der Waals surface area contributed by atoms with Crippen LogP contribution in [0.25, 0.3) is 0 Å². The number of pyridine rings is 1. The molecule has 0 saturated carbocycles. The Kier molecular flexibility index (Phi) is 5.15. The molecule has 3 rings (SSSR count). The molecule has 140 valence electrons. The van der Waals surface area contributed by atoms with E-state index >= 15 is 0 Å². The molecule has 0 spiro atoms. The lowest BCUT2D eigenvalue weighted by molar-refractivity contribution is -0.137. The zero-order valence-electron chi connectivity index (χ0n) is 14.7. The van der Waals surface area contributed by atoms with Crippen molar-refractivity contribution < 1.29 is 13.2 Å². The van der Waals surface area contributed by atoms with Crippen LogP contribution in [0.1, 0.15) is 18.2 Å². The second-order valence-electron chi connectivity index (χ2n) is 6.10. The second-order valence-corrected chi connectivity index (χ2v) is 6.10. The van der Waals surface area contributed by atoms with Crippen LogP contribution in [-0.2, 0) is 6.18 Å². The zero-order chi connectivity index (χ0) is 18.7. The fourth-order valence-electron chi connectivity index (χ4n) is 2.88. The van der Waals surface area contributed by atoms with Crippen molar-refractivity contribution in [1.29, 1.82) is 0 Å². The first-order chi connectivity index (χ1) is 12.4. The highest BCUT2D eigenvalue weighted by molar-refractivity contribution is 5.48. The van der Waals surface area contributed by atoms with Crippen LogP contribution < -0.4 is 15.1 Å². The second kappa shape index (κ2) is 7.35. The minimum atomic E-state index is -4.36. The van der Waals surface area contributed by atoms with Crippen molar-refractivity contribution >= 4 is 17.6 Å². The number of anilines is 3. The summed E-state index contributed by atoms with van der Waals surface area (Å²) in [5.74, 6) is 1.77. The SMILES string of the molecule is CCNc1nc(C)cc(N2CCN(c3cc(C(F)(F)F)ccn3)CC2)n1. The first-order valence-corrected chi connectivity index (χ1v) is 8.49. The number of aryl methyl sites for hydroxylation is 1. The quantitative estimate of drug-likeness (QED) is 0.898. The van der Waals surface area contributed by atoms with Crippen LogP contribution in [0.4, 0.5) is 30.8 Å². The topological polar surface area (TPSA) is 57.2 Å². The number of halogens is 3. The Morgan fingerprint density at radius 1 is 1.04 bits per heavy atom. The molecule has 0 radical (unpaired) electrons. The average Bonchev–Trinajstić information content (AvgIpc) is 2.61. The van der Waals surface area contributed by atoms with Crippen LogP contribution in [0.15, 0.2) is 24.4 Å². The van der Waals surface area contributed by atoms with Crippen molar-refractivity contribution in [2.45, 2.75) is 20.0 Å². The molecule has 0 aromatic carbocycles. The van der Waals surface area contributed by atoms with Crippen LogP contribution >= 0.6 is 0 Å². The molecule has 0 atom stereocenters. The van der Waals surface area contributed by atoms with Crippen LogP contribution in [0.5, 0.6) is 0 Å². The van der Waals surface area contributed by atoms with Crippen LogP contribution in [-0.4, -0.2) is 47.7 Å². The van der Waals surface area contributed by atoms with E-state index in [1.165, 1.54) is 6.20 Å². The molecule has 1 aliphatic rings. The molecule has 6 nitrogen and oxygen atoms in total. The minimum Gasteiger partial charge on any atom is -0.354 e. The fourth-order valence-corrected chi connectivity index (χ4v) is 2.88. The number of piperazine rings is 1. The van der Waals surface area contributed by atoms with E-state index in [1.807, 2.05) is 24.8 Å². The largest absolute Gasteiger partial charge is 0.416 e. The number of aromatic nitrogens is 3. The Balaban J connectivity index is 1.70. The van der Waals surface area contributed by atoms with Crippen molar-refractivity contribution in [2.24, 2.45) is 0 Å². The third-order valence-electron chi connectivity index (χ3n) is 4.18. The normalized spacial score (nSPS) is 15.3. The minimum absolute atomic E-state index is 0.353. The highest BCUT2D eigenvalue weighted by Crippen LogP contribution is 2.31. The van der Waals surface area contributed by atoms with Crippen molar-refractivity contribution in [3.63, 3.8) is 0 Å². The van der Waals surface area contributed by atoms with Crippen LogP contribution in [0.3, 0.4) is 0 Å². The predicted octanol–water partition coefficient (Wildman–Crippen LogP) is 2.96. The summed E-state index contributed by atoms with van der Waals surface area (Å²) in [5, 5.41) is 3.11. The van der Waals surface area contributed by atoms with E-state index in [0.29, 0.717) is 37.9 Å². The first-order valence-electron chi connectivity index (χ1n) is 8.49. The molecule has 0 aliphatic carbocycles. The van der Waals surface area contributed by atoms with E-state index in [4.69, 9.17) is 0 Å². The molecular formula is C17H21F3N6. The van der Waals surface area contributed by atoms with Gasteiger partial charge >= 0.3 is 6.18 Å². The summed E-state index contributed by atoms with van der Waals surface area (Å²) < 4.78 is 38.6. The summed E-state index contributed by atoms with van der Waals surface area (Å²) in [6.07, 6.45) is -3.15. The molecule has 9 heteroatoms. The number of nitrogens with zero attached hydrogens (tertiary/aromatic N) is 5. The molecule has 1 saturated heterocycles. The van der Waals surface area contributed by atoms with Gasteiger partial charge in [-0.3, -0.25) is 0 Å². The monoisotopic (exact) mass is 366 g/mol. The lowest BCUT2D eigenvalue weighted by Gasteiger charge is -2.36. The van der Waals surface area contributed by atoms with E-state index in [9.17, 15) is 13.2 Å². The molecule has 3 heterocycles. The molecule has 26 heavy (non-hydrogen) atoms. The summed E-state index contributed by atoms with van der Waals surface area (Å²) in [7, 11) is 0. The molecule has 2 aromatic rings. The number of rotatable bonds is 4. The van der Waals surface area contributed by atoms with Gasteiger partial charge in [-0.1, -0.05) is 0 Å². The number of hydrogen-bond donors (Lipinski definition) is 1. The highest BCUT2D eigenvalue weighted by atomic mass is 19.4. The van der Waals surface area contributed by atoms with Gasteiger partial charge in [0, 0.05) is 50.7 Å². The molecule has 1 N–H and O–H groups in total. The van der Waals surface area contributed by atoms with Gasteiger partial charge in [-0.25, -0.2) is 9.97 Å². The first kappa shape index (κ1) is 18.2. The van der Waals surface area contributed by atoms with E-state index in [1.54, 1.807) is 0 Å². The van der Waals surface area contributed by atoms with Gasteiger partial charge in [0.2, 0.25) is 5.95 Å². The third kappa shape index (κ3) is 4.14. The Labute approximate surface area is 150 Å². The maximum absolute atomic E-state index is 12.9. The van der Waals surface area contributed by atoms with Crippen molar-refractivity contribution in [2.75, 3.05) is 47.8 Å². The van der Waals surface area contributed by atoms with Crippen molar-refractivity contribution in [3.8, 4) is 0 Å². The van der Waals surface area contributed by atoms with E-state index in [0.717, 1.165) is 30.2 Å². The van der Waals surface area contributed by atoms with Gasteiger partial charge in [-0.15, -0.1) is 0 Å². The van der Waals surface area contributed by atoms with Crippen LogP contribution in [0, 0.1) is 6.92 Å². The summed E-state index contributed by atoms with van der Waals surface area (Å²) in [6, 6.07) is 4.01. The van der Waals surface area contributed by atoms with Crippen molar-refractivity contribution in [1.82, 2.24) is 15.0 Å². The molecule has 2 aromatic heterocycles. The summed E-state index contributed by atoms with van der Waals surface area (Å²) in [5.41, 5.74) is 0.194. The van der Waals surface area contributed by atoms with Gasteiger partial charge in [-0.2, -0.15) is 18.2 Å². The number of alkyl halides is 3. The highest BCUT2D eigenvalue weighted by Gasteiger charge is 2.31. The lowest BCUT2D eigenvalue weighted by atomic mass is 10.2. The van der Waals surface area contributed by atoms with E-state index < -0.39 is 11.7 Å². The Morgan fingerprint density at radius 2 is 1.69 bits per heavy atom. The van der Waals surface area contributed by atoms with E-state index in [-0.39, 0.29) is 0 Å². The van der Waals surface area contributed by atoms with Gasteiger partial charge in [0.15, 0.2) is 0 Å². The van der Waals surface area contributed by atoms with Gasteiger partial charge in [-0.05, 0) is 26.0 Å². The summed E-state index contributed by atoms with van der Waals surface area (Å²) >= 11 is 0. The Morgan fingerprint density at radius 3 is 2.31 bits per heavy atom. The Hall–Kier alpha value is -2.58. The average molecular weight is 366 g/mol.